The summed E-state index contributed by atoms with van der Waals surface area (Å²) in [4.78, 5) is 0. The summed E-state index contributed by atoms with van der Waals surface area (Å²) in [5.74, 6) is -1.24. The lowest BCUT2D eigenvalue weighted by Crippen LogP contribution is -1.90. The van der Waals surface area contributed by atoms with Crippen molar-refractivity contribution in [1.29, 1.82) is 0 Å². The maximum absolute atomic E-state index is 12.8. The molecule has 0 saturated carbocycles. The third-order valence-corrected chi connectivity index (χ3v) is 1.86. The summed E-state index contributed by atoms with van der Waals surface area (Å²) in [5, 5.41) is 4.08. The third kappa shape index (κ3) is 2.53. The molecule has 0 saturated heterocycles. The van der Waals surface area contributed by atoms with Crippen LogP contribution in [0.3, 0.4) is 0 Å². The topological polar surface area (TPSA) is 14.1 Å². The highest BCUT2D eigenvalue weighted by molar-refractivity contribution is 5.48. The predicted octanol–water partition coefficient (Wildman–Crippen LogP) is 3.53. The molecule has 15 heavy (non-hydrogen) atoms. The second kappa shape index (κ2) is 4.09. The molecule has 0 aromatic heterocycles. The summed E-state index contributed by atoms with van der Waals surface area (Å²) in [6.45, 7) is 0. The highest BCUT2D eigenvalue weighted by atomic mass is 19.1. The van der Waals surface area contributed by atoms with Crippen LogP contribution in [-0.4, -0.2) is 0 Å². The maximum Gasteiger partial charge on any atom is 0.128 e. The van der Waals surface area contributed by atoms with Crippen molar-refractivity contribution in [3.05, 3.63) is 60.2 Å². The van der Waals surface area contributed by atoms with Gasteiger partial charge in [-0.25, -0.2) is 14.1 Å². The first-order valence-electron chi connectivity index (χ1n) is 4.47. The first-order chi connectivity index (χ1) is 7.24. The van der Waals surface area contributed by atoms with E-state index in [0.717, 1.165) is 6.07 Å². The van der Waals surface area contributed by atoms with E-state index < -0.39 is 11.6 Å². The van der Waals surface area contributed by atoms with Crippen molar-refractivity contribution in [3.63, 3.8) is 0 Å². The third-order valence-electron chi connectivity index (χ3n) is 1.86. The van der Waals surface area contributed by atoms with Crippen LogP contribution < -0.4 is 5.32 Å². The zero-order valence-corrected chi connectivity index (χ0v) is 7.82. The minimum absolute atomic E-state index is 0.277. The van der Waals surface area contributed by atoms with E-state index in [1.165, 1.54) is 12.1 Å². The van der Waals surface area contributed by atoms with Gasteiger partial charge in [0.25, 0.3) is 0 Å². The van der Waals surface area contributed by atoms with Crippen LogP contribution in [0, 0.1) is 11.6 Å². The average Bonchev–Trinajstić information content (AvgIpc) is 2.17. The van der Waals surface area contributed by atoms with Crippen LogP contribution in [0.15, 0.2) is 48.5 Å². The summed E-state index contributed by atoms with van der Waals surface area (Å²) in [6, 6.07) is 12.2. The smallest absolute Gasteiger partial charge is 0.128 e. The van der Waals surface area contributed by atoms with Gasteiger partial charge in [0.05, 0.1) is 11.4 Å². The zero-order valence-electron chi connectivity index (χ0n) is 7.82. The SMILES string of the molecule is Fc1cc(F)cc([N]c2ccccc2)c1. The molecule has 2 rings (SSSR count). The van der Waals surface area contributed by atoms with E-state index in [9.17, 15) is 8.78 Å². The van der Waals surface area contributed by atoms with E-state index in [1.54, 1.807) is 12.1 Å². The van der Waals surface area contributed by atoms with Crippen LogP contribution in [0.25, 0.3) is 0 Å². The summed E-state index contributed by atoms with van der Waals surface area (Å²) >= 11 is 0. The van der Waals surface area contributed by atoms with Gasteiger partial charge in [-0.2, -0.15) is 0 Å². The van der Waals surface area contributed by atoms with E-state index in [2.05, 4.69) is 5.32 Å². The number of hydrogen-bond acceptors (Lipinski definition) is 0. The van der Waals surface area contributed by atoms with Crippen molar-refractivity contribution in [2.24, 2.45) is 0 Å². The predicted molar refractivity (Wildman–Crippen MR) is 54.3 cm³/mol. The van der Waals surface area contributed by atoms with Crippen LogP contribution in [-0.2, 0) is 0 Å². The van der Waals surface area contributed by atoms with Gasteiger partial charge in [0, 0.05) is 6.07 Å². The largest absolute Gasteiger partial charge is 0.249 e. The molecule has 2 aromatic carbocycles. The Balaban J connectivity index is 2.25. The lowest BCUT2D eigenvalue weighted by atomic mass is 10.2. The Morgan fingerprint density at radius 3 is 1.93 bits per heavy atom. The Morgan fingerprint density at radius 1 is 0.733 bits per heavy atom. The molecule has 0 atom stereocenters. The first-order valence-corrected chi connectivity index (χ1v) is 4.47. The Morgan fingerprint density at radius 2 is 1.33 bits per heavy atom. The molecule has 0 spiro atoms. The molecule has 0 aliphatic heterocycles. The van der Waals surface area contributed by atoms with Crippen molar-refractivity contribution < 1.29 is 8.78 Å². The van der Waals surface area contributed by atoms with Crippen LogP contribution in [0.2, 0.25) is 0 Å². The lowest BCUT2D eigenvalue weighted by Gasteiger charge is -2.02. The van der Waals surface area contributed by atoms with Gasteiger partial charge in [0.15, 0.2) is 0 Å². The second-order valence-electron chi connectivity index (χ2n) is 3.07. The first kappa shape index (κ1) is 9.65. The van der Waals surface area contributed by atoms with Gasteiger partial charge in [-0.05, 0) is 24.3 Å². The molecule has 1 nitrogen and oxygen atoms in total. The lowest BCUT2D eigenvalue weighted by molar-refractivity contribution is 0.583. The molecule has 2 aromatic rings. The fraction of sp³-hybridized carbons (Fsp3) is 0. The molecular formula is C12H8F2N. The molecule has 0 bridgehead atoms. The van der Waals surface area contributed by atoms with Crippen LogP contribution in [0.5, 0.6) is 0 Å². The number of halogens is 2. The zero-order chi connectivity index (χ0) is 10.7. The Hall–Kier alpha value is -1.90. The Kier molecular flexibility index (Phi) is 2.63. The highest BCUT2D eigenvalue weighted by Gasteiger charge is 2.01. The van der Waals surface area contributed by atoms with Crippen molar-refractivity contribution in [3.8, 4) is 0 Å². The average molecular weight is 204 g/mol. The van der Waals surface area contributed by atoms with Crippen molar-refractivity contribution in [2.75, 3.05) is 0 Å². The molecule has 0 unspecified atom stereocenters. The normalized spacial score (nSPS) is 10.0. The molecular weight excluding hydrogens is 196 g/mol. The summed E-state index contributed by atoms with van der Waals surface area (Å²) in [6.07, 6.45) is 0. The number of benzene rings is 2. The van der Waals surface area contributed by atoms with Crippen LogP contribution in [0.4, 0.5) is 20.2 Å². The van der Waals surface area contributed by atoms with Gasteiger partial charge in [-0.1, -0.05) is 18.2 Å². The highest BCUT2D eigenvalue weighted by Crippen LogP contribution is 2.18. The van der Waals surface area contributed by atoms with Crippen molar-refractivity contribution >= 4 is 11.4 Å². The summed E-state index contributed by atoms with van der Waals surface area (Å²) in [5.41, 5.74) is 0.946. The molecule has 0 aliphatic carbocycles. The van der Waals surface area contributed by atoms with Gasteiger partial charge in [-0.3, -0.25) is 0 Å². The fourth-order valence-electron chi connectivity index (χ4n) is 1.26. The van der Waals surface area contributed by atoms with Gasteiger partial charge >= 0.3 is 0 Å². The summed E-state index contributed by atoms with van der Waals surface area (Å²) < 4.78 is 25.7. The molecule has 1 radical (unpaired) electrons. The van der Waals surface area contributed by atoms with Crippen molar-refractivity contribution in [2.45, 2.75) is 0 Å². The molecule has 0 heterocycles. The summed E-state index contributed by atoms with van der Waals surface area (Å²) in [7, 11) is 0. The molecule has 0 aliphatic rings. The molecule has 0 amide bonds. The van der Waals surface area contributed by atoms with Gasteiger partial charge in [0.2, 0.25) is 0 Å². The van der Waals surface area contributed by atoms with E-state index in [-0.39, 0.29) is 5.69 Å². The van der Waals surface area contributed by atoms with E-state index in [0.29, 0.717) is 5.69 Å². The monoisotopic (exact) mass is 204 g/mol. The van der Waals surface area contributed by atoms with E-state index in [4.69, 9.17) is 0 Å². The van der Waals surface area contributed by atoms with Crippen LogP contribution in [0.1, 0.15) is 0 Å². The Bertz CT molecular complexity index is 434. The quantitative estimate of drug-likeness (QED) is 0.710. The van der Waals surface area contributed by atoms with Gasteiger partial charge in [-0.15, -0.1) is 0 Å². The number of nitrogens with zero attached hydrogens (tertiary/aromatic N) is 1. The fourth-order valence-corrected chi connectivity index (χ4v) is 1.26. The standard InChI is InChI=1S/C12H8F2N/c13-9-6-10(14)8-12(7-9)15-11-4-2-1-3-5-11/h1-8H. The van der Waals surface area contributed by atoms with Gasteiger partial charge in [0.1, 0.15) is 11.6 Å². The number of para-hydroxylation sites is 1. The molecule has 0 N–H and O–H groups in total. The van der Waals surface area contributed by atoms with E-state index in [1.807, 2.05) is 18.2 Å². The molecule has 3 heteroatoms. The molecule has 75 valence electrons. The van der Waals surface area contributed by atoms with Crippen molar-refractivity contribution in [1.82, 2.24) is 5.32 Å². The minimum atomic E-state index is -0.621. The van der Waals surface area contributed by atoms with E-state index >= 15 is 0 Å². The number of hydrogen-bond donors (Lipinski definition) is 0. The van der Waals surface area contributed by atoms with Crippen LogP contribution >= 0.6 is 0 Å². The maximum atomic E-state index is 12.8. The Labute approximate surface area is 86.4 Å². The second-order valence-corrected chi connectivity index (χ2v) is 3.07. The number of rotatable bonds is 2. The minimum Gasteiger partial charge on any atom is -0.249 e. The van der Waals surface area contributed by atoms with Gasteiger partial charge < -0.3 is 0 Å². The molecule has 0 fully saturated rings.